The summed E-state index contributed by atoms with van der Waals surface area (Å²) in [6.07, 6.45) is 4.79. The first-order chi connectivity index (χ1) is 8.69. The van der Waals surface area contributed by atoms with E-state index >= 15 is 0 Å². The van der Waals surface area contributed by atoms with Crippen LogP contribution < -0.4 is 9.64 Å². The van der Waals surface area contributed by atoms with Gasteiger partial charge >= 0.3 is 0 Å². The van der Waals surface area contributed by atoms with Crippen LogP contribution in [-0.4, -0.2) is 18.9 Å². The Bertz CT molecular complexity index is 604. The largest absolute Gasteiger partial charge is 0.457 e. The fourth-order valence-electron chi connectivity index (χ4n) is 2.17. The summed E-state index contributed by atoms with van der Waals surface area (Å²) in [5.41, 5.74) is 1.17. The van der Waals surface area contributed by atoms with Gasteiger partial charge in [0.25, 0.3) is 0 Å². The molecule has 5 nitrogen and oxygen atoms in total. The van der Waals surface area contributed by atoms with E-state index < -0.39 is 0 Å². The molecule has 0 aromatic heterocycles. The van der Waals surface area contributed by atoms with Crippen molar-refractivity contribution in [2.75, 3.05) is 11.9 Å². The summed E-state index contributed by atoms with van der Waals surface area (Å²) in [7, 11) is 1.91. The second kappa shape index (κ2) is 3.80. The van der Waals surface area contributed by atoms with Crippen LogP contribution in [0.3, 0.4) is 0 Å². The fourth-order valence-corrected chi connectivity index (χ4v) is 2.17. The molecule has 1 aromatic rings. The fraction of sp³-hybridized carbons (Fsp3) is 0.154. The molecule has 0 bridgehead atoms. The van der Waals surface area contributed by atoms with Gasteiger partial charge in [0.15, 0.2) is 11.5 Å². The SMILES string of the molecule is CN1c2ccc(N=O)cc2OC2=CC(=O)C=CC21. The van der Waals surface area contributed by atoms with E-state index in [1.807, 2.05) is 11.9 Å². The molecule has 2 aliphatic rings. The summed E-state index contributed by atoms with van der Waals surface area (Å²) in [5, 5.41) is 2.87. The summed E-state index contributed by atoms with van der Waals surface area (Å²) < 4.78 is 5.67. The van der Waals surface area contributed by atoms with E-state index in [4.69, 9.17) is 4.74 Å². The molecule has 1 unspecified atom stereocenters. The van der Waals surface area contributed by atoms with Crippen molar-refractivity contribution in [2.45, 2.75) is 6.04 Å². The van der Waals surface area contributed by atoms with Crippen molar-refractivity contribution < 1.29 is 9.53 Å². The molecule has 3 rings (SSSR count). The van der Waals surface area contributed by atoms with Crippen molar-refractivity contribution in [1.82, 2.24) is 0 Å². The first-order valence-electron chi connectivity index (χ1n) is 5.51. The van der Waals surface area contributed by atoms with Gasteiger partial charge in [0.05, 0.1) is 5.69 Å². The lowest BCUT2D eigenvalue weighted by Gasteiger charge is -2.36. The van der Waals surface area contributed by atoms with Crippen molar-refractivity contribution in [2.24, 2.45) is 5.18 Å². The molecular weight excluding hydrogens is 232 g/mol. The first kappa shape index (κ1) is 10.7. The van der Waals surface area contributed by atoms with Crippen LogP contribution in [0.2, 0.25) is 0 Å². The van der Waals surface area contributed by atoms with Crippen molar-refractivity contribution in [1.29, 1.82) is 0 Å². The highest BCUT2D eigenvalue weighted by molar-refractivity contribution is 6.01. The predicted molar refractivity (Wildman–Crippen MR) is 66.9 cm³/mol. The Morgan fingerprint density at radius 3 is 3.00 bits per heavy atom. The van der Waals surface area contributed by atoms with Crippen molar-refractivity contribution >= 4 is 17.2 Å². The Morgan fingerprint density at radius 1 is 1.39 bits per heavy atom. The van der Waals surface area contributed by atoms with E-state index in [1.54, 1.807) is 24.3 Å². The minimum Gasteiger partial charge on any atom is -0.457 e. The Labute approximate surface area is 103 Å². The molecule has 0 saturated carbocycles. The smallest absolute Gasteiger partial charge is 0.181 e. The summed E-state index contributed by atoms with van der Waals surface area (Å²) in [4.78, 5) is 23.8. The van der Waals surface area contributed by atoms with Gasteiger partial charge in [-0.25, -0.2) is 0 Å². The molecule has 18 heavy (non-hydrogen) atoms. The topological polar surface area (TPSA) is 59.0 Å². The van der Waals surface area contributed by atoms with Crippen LogP contribution in [0.15, 0.2) is 47.4 Å². The molecule has 0 radical (unpaired) electrons. The van der Waals surface area contributed by atoms with Gasteiger partial charge in [-0.1, -0.05) is 6.08 Å². The summed E-state index contributed by atoms with van der Waals surface area (Å²) >= 11 is 0. The highest BCUT2D eigenvalue weighted by Gasteiger charge is 2.30. The van der Waals surface area contributed by atoms with E-state index in [0.717, 1.165) is 5.69 Å². The summed E-state index contributed by atoms with van der Waals surface area (Å²) in [5.74, 6) is 1.02. The van der Waals surface area contributed by atoms with Gasteiger partial charge in [0.1, 0.15) is 17.5 Å². The lowest BCUT2D eigenvalue weighted by atomic mass is 10.0. The number of nitrogens with zero attached hydrogens (tertiary/aromatic N) is 2. The molecule has 0 saturated heterocycles. The number of rotatable bonds is 1. The molecule has 0 fully saturated rings. The second-order valence-corrected chi connectivity index (χ2v) is 4.21. The lowest BCUT2D eigenvalue weighted by molar-refractivity contribution is -0.110. The lowest BCUT2D eigenvalue weighted by Crippen LogP contribution is -2.38. The molecule has 1 aliphatic heterocycles. The quantitative estimate of drug-likeness (QED) is 0.709. The van der Waals surface area contributed by atoms with Gasteiger partial charge < -0.3 is 9.64 Å². The Balaban J connectivity index is 2.10. The number of benzene rings is 1. The zero-order valence-electron chi connectivity index (χ0n) is 9.66. The van der Waals surface area contributed by atoms with Crippen LogP contribution >= 0.6 is 0 Å². The zero-order valence-corrected chi connectivity index (χ0v) is 9.66. The number of hydrogen-bond donors (Lipinski definition) is 0. The van der Waals surface area contributed by atoms with E-state index in [1.165, 1.54) is 12.2 Å². The molecule has 5 heteroatoms. The summed E-state index contributed by atoms with van der Waals surface area (Å²) in [6, 6.07) is 4.91. The Kier molecular flexibility index (Phi) is 2.26. The molecule has 1 aromatic carbocycles. The third kappa shape index (κ3) is 1.52. The molecule has 1 heterocycles. The average molecular weight is 242 g/mol. The van der Waals surface area contributed by atoms with Crippen molar-refractivity contribution in [3.05, 3.63) is 47.1 Å². The normalized spacial score (nSPS) is 20.7. The second-order valence-electron chi connectivity index (χ2n) is 4.21. The molecule has 0 amide bonds. The van der Waals surface area contributed by atoms with E-state index in [0.29, 0.717) is 17.2 Å². The minimum absolute atomic E-state index is 0.0785. The number of carbonyl (C=O) groups is 1. The molecular formula is C13H10N2O3. The Morgan fingerprint density at radius 2 is 2.22 bits per heavy atom. The number of ketones is 1. The summed E-state index contributed by atoms with van der Waals surface area (Å²) in [6.45, 7) is 0. The maximum absolute atomic E-state index is 11.3. The van der Waals surface area contributed by atoms with Gasteiger partial charge in [-0.2, -0.15) is 0 Å². The van der Waals surface area contributed by atoms with Crippen LogP contribution in [0.5, 0.6) is 5.75 Å². The molecule has 90 valence electrons. The van der Waals surface area contributed by atoms with E-state index in [-0.39, 0.29) is 11.8 Å². The number of likely N-dealkylation sites (N-methyl/N-ethyl adjacent to an activating group) is 1. The van der Waals surface area contributed by atoms with Gasteiger partial charge in [0, 0.05) is 19.2 Å². The number of ether oxygens (including phenoxy) is 1. The Hall–Kier alpha value is -2.43. The van der Waals surface area contributed by atoms with Gasteiger partial charge in [-0.15, -0.1) is 4.91 Å². The maximum atomic E-state index is 11.3. The van der Waals surface area contributed by atoms with Crippen LogP contribution in [0.4, 0.5) is 11.4 Å². The average Bonchev–Trinajstić information content (AvgIpc) is 2.38. The number of anilines is 1. The standard InChI is InChI=1S/C13H10N2O3/c1-15-10-4-2-8(14-17)6-12(10)18-13-7-9(16)3-5-11(13)15/h2-7,11H,1H3. The van der Waals surface area contributed by atoms with Crippen LogP contribution in [0.1, 0.15) is 0 Å². The van der Waals surface area contributed by atoms with Gasteiger partial charge in [0.2, 0.25) is 0 Å². The number of allylic oxidation sites excluding steroid dienone is 2. The predicted octanol–water partition coefficient (Wildman–Crippen LogP) is 2.30. The molecule has 1 aliphatic carbocycles. The van der Waals surface area contributed by atoms with Gasteiger partial charge in [-0.05, 0) is 23.4 Å². The minimum atomic E-state index is -0.0947. The number of fused-ring (bicyclic) bond motifs is 2. The van der Waals surface area contributed by atoms with Crippen LogP contribution in [-0.2, 0) is 4.79 Å². The van der Waals surface area contributed by atoms with Crippen LogP contribution in [0.25, 0.3) is 0 Å². The van der Waals surface area contributed by atoms with Crippen molar-refractivity contribution in [3.63, 3.8) is 0 Å². The van der Waals surface area contributed by atoms with Crippen molar-refractivity contribution in [3.8, 4) is 5.75 Å². The number of hydrogen-bond acceptors (Lipinski definition) is 5. The molecule has 1 atom stereocenters. The third-order valence-corrected chi connectivity index (χ3v) is 3.09. The van der Waals surface area contributed by atoms with Gasteiger partial charge in [-0.3, -0.25) is 4.79 Å². The highest BCUT2D eigenvalue weighted by atomic mass is 16.5. The van der Waals surface area contributed by atoms with E-state index in [2.05, 4.69) is 5.18 Å². The monoisotopic (exact) mass is 242 g/mol. The third-order valence-electron chi connectivity index (χ3n) is 3.09. The first-order valence-corrected chi connectivity index (χ1v) is 5.51. The van der Waals surface area contributed by atoms with E-state index in [9.17, 15) is 9.70 Å². The molecule has 0 spiro atoms. The maximum Gasteiger partial charge on any atom is 0.181 e. The number of carbonyl (C=O) groups excluding carboxylic acids is 1. The molecule has 0 N–H and O–H groups in total. The zero-order chi connectivity index (χ0) is 12.7. The number of nitroso groups, excluding NO2 is 1. The van der Waals surface area contributed by atoms with Crippen LogP contribution in [0, 0.1) is 4.91 Å². The highest BCUT2D eigenvalue weighted by Crippen LogP contribution is 2.40.